The maximum atomic E-state index is 12.0. The fourth-order valence-electron chi connectivity index (χ4n) is 2.82. The van der Waals surface area contributed by atoms with Crippen molar-refractivity contribution in [1.82, 2.24) is 15.1 Å². The molecule has 2 N–H and O–H groups in total. The molecular weight excluding hydrogens is 274 g/mol. The van der Waals surface area contributed by atoms with Gasteiger partial charge in [0.25, 0.3) is 0 Å². The van der Waals surface area contributed by atoms with Gasteiger partial charge in [-0.3, -0.25) is 9.59 Å². The average molecular weight is 297 g/mol. The van der Waals surface area contributed by atoms with Crippen LogP contribution in [0.4, 0.5) is 4.79 Å². The first-order valence-corrected chi connectivity index (χ1v) is 7.46. The van der Waals surface area contributed by atoms with Crippen LogP contribution in [0.3, 0.4) is 0 Å². The molecule has 0 bridgehead atoms. The third-order valence-electron chi connectivity index (χ3n) is 4.35. The molecule has 2 aliphatic heterocycles. The Kier molecular flexibility index (Phi) is 4.69. The van der Waals surface area contributed by atoms with E-state index in [9.17, 15) is 14.4 Å². The van der Waals surface area contributed by atoms with E-state index in [1.807, 2.05) is 4.90 Å². The van der Waals surface area contributed by atoms with Crippen LogP contribution in [-0.2, 0) is 9.59 Å². The van der Waals surface area contributed by atoms with E-state index in [-0.39, 0.29) is 18.5 Å². The summed E-state index contributed by atoms with van der Waals surface area (Å²) in [6.45, 7) is 4.24. The van der Waals surface area contributed by atoms with Crippen molar-refractivity contribution in [2.24, 2.45) is 5.41 Å². The van der Waals surface area contributed by atoms with E-state index in [0.717, 1.165) is 25.9 Å². The molecule has 2 heterocycles. The van der Waals surface area contributed by atoms with Crippen LogP contribution in [-0.4, -0.2) is 65.5 Å². The molecule has 7 heteroatoms. The summed E-state index contributed by atoms with van der Waals surface area (Å²) in [7, 11) is 0. The molecule has 21 heavy (non-hydrogen) atoms. The molecule has 3 amide bonds. The first kappa shape index (κ1) is 15.6. The Morgan fingerprint density at radius 3 is 2.38 bits per heavy atom. The summed E-state index contributed by atoms with van der Waals surface area (Å²) >= 11 is 0. The molecule has 2 fully saturated rings. The number of nitrogens with zero attached hydrogens (tertiary/aromatic N) is 2. The van der Waals surface area contributed by atoms with E-state index in [2.05, 4.69) is 5.32 Å². The lowest BCUT2D eigenvalue weighted by Gasteiger charge is -2.21. The number of hydrogen-bond donors (Lipinski definition) is 2. The van der Waals surface area contributed by atoms with Crippen molar-refractivity contribution in [2.45, 2.75) is 32.6 Å². The second-order valence-corrected chi connectivity index (χ2v) is 6.11. The van der Waals surface area contributed by atoms with Crippen LogP contribution in [0.1, 0.15) is 32.6 Å². The summed E-state index contributed by atoms with van der Waals surface area (Å²) in [5, 5.41) is 11.8. The van der Waals surface area contributed by atoms with E-state index in [0.29, 0.717) is 25.9 Å². The summed E-state index contributed by atoms with van der Waals surface area (Å²) in [5.74, 6) is -0.799. The largest absolute Gasteiger partial charge is 0.481 e. The molecule has 0 radical (unpaired) electrons. The lowest BCUT2D eigenvalue weighted by molar-refractivity contribution is -0.147. The molecule has 7 nitrogen and oxygen atoms in total. The van der Waals surface area contributed by atoms with Crippen LogP contribution in [0.5, 0.6) is 0 Å². The Morgan fingerprint density at radius 2 is 1.81 bits per heavy atom. The van der Waals surface area contributed by atoms with Gasteiger partial charge in [0.15, 0.2) is 0 Å². The third kappa shape index (κ3) is 3.65. The highest BCUT2D eigenvalue weighted by molar-refractivity contribution is 5.80. The van der Waals surface area contributed by atoms with Gasteiger partial charge in [-0.25, -0.2) is 4.79 Å². The molecule has 1 atom stereocenters. The molecular formula is C14H23N3O4. The first-order chi connectivity index (χ1) is 9.92. The standard InChI is InChI=1S/C14H23N3O4/c1-14(12(19)20)5-9-17(10-14)13(21)15-6-4-11(18)16-7-2-3-8-16/h2-10H2,1H3,(H,15,21)(H,19,20). The molecule has 0 saturated carbocycles. The summed E-state index contributed by atoms with van der Waals surface area (Å²) in [6.07, 6.45) is 2.87. The zero-order chi connectivity index (χ0) is 15.5. The van der Waals surface area contributed by atoms with Gasteiger partial charge in [0.1, 0.15) is 0 Å². The predicted molar refractivity (Wildman–Crippen MR) is 75.8 cm³/mol. The van der Waals surface area contributed by atoms with Crippen molar-refractivity contribution in [3.8, 4) is 0 Å². The third-order valence-corrected chi connectivity index (χ3v) is 4.35. The van der Waals surface area contributed by atoms with Crippen molar-refractivity contribution in [3.05, 3.63) is 0 Å². The molecule has 2 saturated heterocycles. The molecule has 0 aromatic carbocycles. The average Bonchev–Trinajstić information content (AvgIpc) is 3.08. The van der Waals surface area contributed by atoms with E-state index in [1.54, 1.807) is 6.92 Å². The zero-order valence-corrected chi connectivity index (χ0v) is 12.4. The second-order valence-electron chi connectivity index (χ2n) is 6.11. The van der Waals surface area contributed by atoms with E-state index < -0.39 is 11.4 Å². The molecule has 0 aromatic heterocycles. The molecule has 2 aliphatic rings. The molecule has 0 aliphatic carbocycles. The number of likely N-dealkylation sites (tertiary alicyclic amines) is 2. The maximum Gasteiger partial charge on any atom is 0.317 e. The van der Waals surface area contributed by atoms with E-state index in [1.165, 1.54) is 4.90 Å². The second kappa shape index (κ2) is 6.32. The van der Waals surface area contributed by atoms with Gasteiger partial charge in [0.2, 0.25) is 5.91 Å². The Hall–Kier alpha value is -1.79. The number of rotatable bonds is 4. The minimum Gasteiger partial charge on any atom is -0.481 e. The van der Waals surface area contributed by atoms with Gasteiger partial charge in [0, 0.05) is 39.1 Å². The van der Waals surface area contributed by atoms with E-state index in [4.69, 9.17) is 5.11 Å². The summed E-state index contributed by atoms with van der Waals surface area (Å²) < 4.78 is 0. The summed E-state index contributed by atoms with van der Waals surface area (Å²) in [4.78, 5) is 38.2. The van der Waals surface area contributed by atoms with Crippen molar-refractivity contribution >= 4 is 17.9 Å². The fourth-order valence-corrected chi connectivity index (χ4v) is 2.82. The number of carbonyl (C=O) groups is 3. The number of aliphatic carboxylic acids is 1. The quantitative estimate of drug-likeness (QED) is 0.791. The van der Waals surface area contributed by atoms with Crippen LogP contribution in [0.25, 0.3) is 0 Å². The van der Waals surface area contributed by atoms with Gasteiger partial charge in [-0.15, -0.1) is 0 Å². The summed E-state index contributed by atoms with van der Waals surface area (Å²) in [5.41, 5.74) is -0.858. The Balaban J connectivity index is 1.70. The van der Waals surface area contributed by atoms with Crippen LogP contribution in [0.15, 0.2) is 0 Å². The number of hydrogen-bond acceptors (Lipinski definition) is 3. The molecule has 2 rings (SSSR count). The van der Waals surface area contributed by atoms with Crippen LogP contribution in [0.2, 0.25) is 0 Å². The van der Waals surface area contributed by atoms with Crippen LogP contribution in [0, 0.1) is 5.41 Å². The number of amides is 3. The van der Waals surface area contributed by atoms with Crippen molar-refractivity contribution in [2.75, 3.05) is 32.7 Å². The van der Waals surface area contributed by atoms with Crippen LogP contribution < -0.4 is 5.32 Å². The SMILES string of the molecule is CC1(C(=O)O)CCN(C(=O)NCCC(=O)N2CCCC2)C1. The molecule has 1 unspecified atom stereocenters. The molecule has 118 valence electrons. The van der Waals surface area contributed by atoms with Gasteiger partial charge in [0.05, 0.1) is 5.41 Å². The number of nitrogens with one attached hydrogen (secondary N) is 1. The minimum absolute atomic E-state index is 0.0737. The maximum absolute atomic E-state index is 12.0. The highest BCUT2D eigenvalue weighted by atomic mass is 16.4. The zero-order valence-electron chi connectivity index (χ0n) is 12.4. The van der Waals surface area contributed by atoms with E-state index >= 15 is 0 Å². The monoisotopic (exact) mass is 297 g/mol. The van der Waals surface area contributed by atoms with Gasteiger partial charge < -0.3 is 20.2 Å². The Morgan fingerprint density at radius 1 is 1.14 bits per heavy atom. The highest BCUT2D eigenvalue weighted by Crippen LogP contribution is 2.29. The van der Waals surface area contributed by atoms with Crippen molar-refractivity contribution in [3.63, 3.8) is 0 Å². The van der Waals surface area contributed by atoms with Crippen molar-refractivity contribution < 1.29 is 19.5 Å². The number of carboxylic acids is 1. The lowest BCUT2D eigenvalue weighted by atomic mass is 9.90. The topological polar surface area (TPSA) is 90.0 Å². The van der Waals surface area contributed by atoms with Crippen molar-refractivity contribution in [1.29, 1.82) is 0 Å². The fraction of sp³-hybridized carbons (Fsp3) is 0.786. The van der Waals surface area contributed by atoms with Gasteiger partial charge >= 0.3 is 12.0 Å². The highest BCUT2D eigenvalue weighted by Gasteiger charge is 2.42. The first-order valence-electron chi connectivity index (χ1n) is 7.46. The van der Waals surface area contributed by atoms with Gasteiger partial charge in [-0.1, -0.05) is 0 Å². The number of urea groups is 1. The number of carbonyl (C=O) groups excluding carboxylic acids is 2. The lowest BCUT2D eigenvalue weighted by Crippen LogP contribution is -2.42. The normalized spacial score (nSPS) is 25.2. The minimum atomic E-state index is -0.873. The molecule has 0 spiro atoms. The number of carboxylic acid groups (broad SMARTS) is 1. The van der Waals surface area contributed by atoms with Gasteiger partial charge in [-0.05, 0) is 26.2 Å². The smallest absolute Gasteiger partial charge is 0.317 e. The molecule has 0 aromatic rings. The Labute approximate surface area is 124 Å². The Bertz CT molecular complexity index is 434. The summed E-state index contributed by atoms with van der Waals surface area (Å²) in [6, 6.07) is -0.283. The predicted octanol–water partition coefficient (Wildman–Crippen LogP) is 0.505. The van der Waals surface area contributed by atoms with Crippen LogP contribution >= 0.6 is 0 Å². The van der Waals surface area contributed by atoms with Gasteiger partial charge in [-0.2, -0.15) is 0 Å².